The molecule has 0 aliphatic heterocycles. The Balaban J connectivity index is 1.72. The molecular weight excluding hydrogens is 172 g/mol. The van der Waals surface area contributed by atoms with E-state index in [1.165, 1.54) is 44.9 Å². The molecule has 0 aromatic rings. The van der Waals surface area contributed by atoms with Gasteiger partial charge >= 0.3 is 0 Å². The molecular formula is C13H24O. The van der Waals surface area contributed by atoms with Gasteiger partial charge in [-0.3, -0.25) is 0 Å². The Bertz CT molecular complexity index is 178. The maximum Gasteiger partial charge on any atom is 0.0571 e. The number of unbranched alkanes of at least 4 members (excludes halogenated alkanes) is 2. The molecule has 4 unspecified atom stereocenters. The van der Waals surface area contributed by atoms with Crippen LogP contribution in [0.1, 0.15) is 58.3 Å². The SMILES string of the molecule is CCCCCC(O)C1CC2CCC1C2. The molecule has 0 heterocycles. The second-order valence-corrected chi connectivity index (χ2v) is 5.40. The maximum atomic E-state index is 10.1. The van der Waals surface area contributed by atoms with E-state index < -0.39 is 0 Å². The van der Waals surface area contributed by atoms with Gasteiger partial charge < -0.3 is 5.11 Å². The predicted octanol–water partition coefficient (Wildman–Crippen LogP) is 3.36. The average Bonchev–Trinajstić information content (AvgIpc) is 2.79. The Kier molecular flexibility index (Phi) is 3.48. The minimum absolute atomic E-state index is 0.0249. The number of hydrogen-bond acceptors (Lipinski definition) is 1. The number of aliphatic hydroxyl groups is 1. The van der Waals surface area contributed by atoms with Crippen molar-refractivity contribution in [3.8, 4) is 0 Å². The van der Waals surface area contributed by atoms with Crippen LogP contribution in [0.4, 0.5) is 0 Å². The number of fused-ring (bicyclic) bond motifs is 2. The zero-order valence-electron chi connectivity index (χ0n) is 9.41. The number of rotatable bonds is 5. The predicted molar refractivity (Wildman–Crippen MR) is 59.1 cm³/mol. The van der Waals surface area contributed by atoms with Crippen LogP contribution in [0.5, 0.6) is 0 Å². The molecule has 0 spiro atoms. The van der Waals surface area contributed by atoms with Crippen LogP contribution in [0.25, 0.3) is 0 Å². The highest BCUT2D eigenvalue weighted by molar-refractivity contribution is 4.92. The van der Waals surface area contributed by atoms with E-state index >= 15 is 0 Å². The summed E-state index contributed by atoms with van der Waals surface area (Å²) in [5, 5.41) is 10.1. The van der Waals surface area contributed by atoms with Crippen LogP contribution in [0.2, 0.25) is 0 Å². The lowest BCUT2D eigenvalue weighted by atomic mass is 9.83. The van der Waals surface area contributed by atoms with Gasteiger partial charge in [-0.05, 0) is 43.4 Å². The maximum absolute atomic E-state index is 10.1. The van der Waals surface area contributed by atoms with Crippen molar-refractivity contribution >= 4 is 0 Å². The molecule has 2 saturated carbocycles. The summed E-state index contributed by atoms with van der Waals surface area (Å²) in [6, 6.07) is 0. The zero-order valence-corrected chi connectivity index (χ0v) is 9.41. The largest absolute Gasteiger partial charge is 0.393 e. The van der Waals surface area contributed by atoms with Crippen molar-refractivity contribution in [3.63, 3.8) is 0 Å². The Hall–Kier alpha value is -0.0400. The molecule has 2 bridgehead atoms. The van der Waals surface area contributed by atoms with E-state index in [1.54, 1.807) is 0 Å². The molecule has 4 atom stereocenters. The van der Waals surface area contributed by atoms with E-state index in [0.29, 0.717) is 5.92 Å². The summed E-state index contributed by atoms with van der Waals surface area (Å²) in [7, 11) is 0. The Morgan fingerprint density at radius 1 is 1.21 bits per heavy atom. The first-order chi connectivity index (χ1) is 6.81. The van der Waals surface area contributed by atoms with Gasteiger partial charge in [-0.1, -0.05) is 32.6 Å². The third-order valence-electron chi connectivity index (χ3n) is 4.39. The second kappa shape index (κ2) is 4.65. The van der Waals surface area contributed by atoms with Crippen LogP contribution < -0.4 is 0 Å². The van der Waals surface area contributed by atoms with E-state index in [0.717, 1.165) is 18.3 Å². The summed E-state index contributed by atoms with van der Waals surface area (Å²) in [6.45, 7) is 2.23. The van der Waals surface area contributed by atoms with Gasteiger partial charge in [-0.15, -0.1) is 0 Å². The summed E-state index contributed by atoms with van der Waals surface area (Å²) in [5.74, 6) is 2.54. The second-order valence-electron chi connectivity index (χ2n) is 5.40. The smallest absolute Gasteiger partial charge is 0.0571 e. The van der Waals surface area contributed by atoms with E-state index in [9.17, 15) is 5.11 Å². The van der Waals surface area contributed by atoms with Crippen LogP contribution in [0, 0.1) is 17.8 Å². The molecule has 1 heteroatoms. The molecule has 14 heavy (non-hydrogen) atoms. The topological polar surface area (TPSA) is 20.2 Å². The highest BCUT2D eigenvalue weighted by Gasteiger charge is 2.42. The fourth-order valence-electron chi connectivity index (χ4n) is 3.58. The normalized spacial score (nSPS) is 37.7. The fourth-order valence-corrected chi connectivity index (χ4v) is 3.58. The van der Waals surface area contributed by atoms with Gasteiger partial charge in [0.05, 0.1) is 6.10 Å². The number of aliphatic hydroxyl groups excluding tert-OH is 1. The van der Waals surface area contributed by atoms with Crippen molar-refractivity contribution in [1.29, 1.82) is 0 Å². The first kappa shape index (κ1) is 10.5. The van der Waals surface area contributed by atoms with Crippen molar-refractivity contribution in [2.24, 2.45) is 17.8 Å². The van der Waals surface area contributed by atoms with Gasteiger partial charge in [0.25, 0.3) is 0 Å². The van der Waals surface area contributed by atoms with Crippen molar-refractivity contribution in [2.45, 2.75) is 64.4 Å². The van der Waals surface area contributed by atoms with E-state index in [4.69, 9.17) is 0 Å². The highest BCUT2D eigenvalue weighted by Crippen LogP contribution is 2.50. The van der Waals surface area contributed by atoms with E-state index in [1.807, 2.05) is 0 Å². The van der Waals surface area contributed by atoms with Crippen molar-refractivity contribution in [2.75, 3.05) is 0 Å². The van der Waals surface area contributed by atoms with Crippen molar-refractivity contribution in [1.82, 2.24) is 0 Å². The molecule has 2 aliphatic carbocycles. The Labute approximate surface area is 87.9 Å². The quantitative estimate of drug-likeness (QED) is 0.668. The third kappa shape index (κ3) is 2.13. The van der Waals surface area contributed by atoms with Gasteiger partial charge in [-0.25, -0.2) is 0 Å². The summed E-state index contributed by atoms with van der Waals surface area (Å²) in [6.07, 6.45) is 10.5. The fraction of sp³-hybridized carbons (Fsp3) is 1.00. The van der Waals surface area contributed by atoms with Gasteiger partial charge in [0.15, 0.2) is 0 Å². The summed E-state index contributed by atoms with van der Waals surface area (Å²) in [5.41, 5.74) is 0. The van der Waals surface area contributed by atoms with Gasteiger partial charge in [0.2, 0.25) is 0 Å². The van der Waals surface area contributed by atoms with Crippen molar-refractivity contribution in [3.05, 3.63) is 0 Å². The lowest BCUT2D eigenvalue weighted by Gasteiger charge is -2.26. The summed E-state index contributed by atoms with van der Waals surface area (Å²) >= 11 is 0. The molecule has 0 amide bonds. The van der Waals surface area contributed by atoms with Crippen LogP contribution in [-0.4, -0.2) is 11.2 Å². The van der Waals surface area contributed by atoms with Crippen molar-refractivity contribution < 1.29 is 5.11 Å². The van der Waals surface area contributed by atoms with Gasteiger partial charge in [0.1, 0.15) is 0 Å². The van der Waals surface area contributed by atoms with Gasteiger partial charge in [-0.2, -0.15) is 0 Å². The minimum atomic E-state index is 0.0249. The molecule has 0 radical (unpaired) electrons. The lowest BCUT2D eigenvalue weighted by molar-refractivity contribution is 0.0653. The van der Waals surface area contributed by atoms with Crippen LogP contribution >= 0.6 is 0 Å². The molecule has 0 aromatic carbocycles. The van der Waals surface area contributed by atoms with E-state index in [-0.39, 0.29) is 6.10 Å². The minimum Gasteiger partial charge on any atom is -0.393 e. The first-order valence-electron chi connectivity index (χ1n) is 6.49. The van der Waals surface area contributed by atoms with Gasteiger partial charge in [0, 0.05) is 0 Å². The van der Waals surface area contributed by atoms with Crippen LogP contribution in [0.3, 0.4) is 0 Å². The molecule has 82 valence electrons. The molecule has 1 N–H and O–H groups in total. The summed E-state index contributed by atoms with van der Waals surface area (Å²) < 4.78 is 0. The lowest BCUT2D eigenvalue weighted by Crippen LogP contribution is -2.25. The molecule has 0 aromatic heterocycles. The zero-order chi connectivity index (χ0) is 9.97. The Morgan fingerprint density at radius 3 is 2.64 bits per heavy atom. The molecule has 2 rings (SSSR count). The highest BCUT2D eigenvalue weighted by atomic mass is 16.3. The summed E-state index contributed by atoms with van der Waals surface area (Å²) in [4.78, 5) is 0. The standard InChI is InChI=1S/C13H24O/c1-2-3-4-5-13(14)12-9-10-6-7-11(12)8-10/h10-14H,2-9H2,1H3. The first-order valence-corrected chi connectivity index (χ1v) is 6.49. The third-order valence-corrected chi connectivity index (χ3v) is 4.39. The molecule has 1 nitrogen and oxygen atoms in total. The van der Waals surface area contributed by atoms with Crippen LogP contribution in [-0.2, 0) is 0 Å². The Morgan fingerprint density at radius 2 is 2.07 bits per heavy atom. The van der Waals surface area contributed by atoms with Crippen LogP contribution in [0.15, 0.2) is 0 Å². The number of hydrogen-bond donors (Lipinski definition) is 1. The monoisotopic (exact) mass is 196 g/mol. The molecule has 2 aliphatic rings. The average molecular weight is 196 g/mol. The van der Waals surface area contributed by atoms with E-state index in [2.05, 4.69) is 6.92 Å². The molecule has 2 fully saturated rings. The molecule has 0 saturated heterocycles.